The van der Waals surface area contributed by atoms with Crippen LogP contribution in [0.3, 0.4) is 0 Å². The second-order valence-electron chi connectivity index (χ2n) is 5.15. The van der Waals surface area contributed by atoms with E-state index in [1.165, 1.54) is 25.7 Å². The van der Waals surface area contributed by atoms with Crippen LogP contribution in [0.2, 0.25) is 0 Å². The number of quaternary nitrogens is 1. The molecule has 2 aliphatic heterocycles. The van der Waals surface area contributed by atoms with Gasteiger partial charge in [-0.2, -0.15) is 4.98 Å². The first kappa shape index (κ1) is 15.5. The Kier molecular flexibility index (Phi) is 5.70. The van der Waals surface area contributed by atoms with Crippen molar-refractivity contribution in [3.05, 3.63) is 24.4 Å². The molecule has 3 rings (SSSR count). The van der Waals surface area contributed by atoms with Gasteiger partial charge >= 0.3 is 5.88 Å². The first-order valence-electron chi connectivity index (χ1n) is 6.29. The van der Waals surface area contributed by atoms with E-state index in [0.29, 0.717) is 6.10 Å². The quantitative estimate of drug-likeness (QED) is 0.577. The highest BCUT2D eigenvalue weighted by Crippen LogP contribution is 2.24. The molecular weight excluding hydrogens is 271 g/mol. The van der Waals surface area contributed by atoms with Crippen molar-refractivity contribution in [1.29, 1.82) is 0 Å². The zero-order valence-electron chi connectivity index (χ0n) is 10.5. The predicted molar refractivity (Wildman–Crippen MR) is 60.3 cm³/mol. The molecular formula is C13H20Cl2N2O. The van der Waals surface area contributed by atoms with Crippen LogP contribution in [0, 0.1) is 0 Å². The van der Waals surface area contributed by atoms with Crippen LogP contribution in [-0.2, 0) is 0 Å². The summed E-state index contributed by atoms with van der Waals surface area (Å²) in [5.74, 6) is 0.909. The number of hydrogen-bond donors (Lipinski definition) is 1. The Morgan fingerprint density at radius 2 is 1.83 bits per heavy atom. The number of nitrogens with one attached hydrogen (secondary N) is 2. The summed E-state index contributed by atoms with van der Waals surface area (Å²) in [5.41, 5.74) is 0. The van der Waals surface area contributed by atoms with Gasteiger partial charge in [-0.25, -0.2) is 0 Å². The van der Waals surface area contributed by atoms with Gasteiger partial charge in [0.2, 0.25) is 0 Å². The number of pyridine rings is 1. The summed E-state index contributed by atoms with van der Waals surface area (Å²) in [4.78, 5) is 4.88. The highest BCUT2D eigenvalue weighted by Gasteiger charge is 2.43. The van der Waals surface area contributed by atoms with Crippen LogP contribution in [0.4, 0.5) is 0 Å². The summed E-state index contributed by atoms with van der Waals surface area (Å²) in [7, 11) is 2.34. The topological polar surface area (TPSA) is 27.8 Å². The number of aromatic amines is 1. The second-order valence-corrected chi connectivity index (χ2v) is 5.15. The van der Waals surface area contributed by atoms with E-state index in [-0.39, 0.29) is 24.8 Å². The van der Waals surface area contributed by atoms with Gasteiger partial charge in [0.05, 0.1) is 25.2 Å². The van der Waals surface area contributed by atoms with E-state index in [2.05, 4.69) is 12.0 Å². The minimum absolute atomic E-state index is 0. The highest BCUT2D eigenvalue weighted by atomic mass is 35.5. The average molecular weight is 291 g/mol. The third-order valence-corrected chi connectivity index (χ3v) is 4.22. The van der Waals surface area contributed by atoms with Crippen molar-refractivity contribution in [2.24, 2.45) is 0 Å². The van der Waals surface area contributed by atoms with Gasteiger partial charge in [-0.15, -0.1) is 0 Å². The van der Waals surface area contributed by atoms with Gasteiger partial charge in [0, 0.05) is 31.7 Å². The maximum atomic E-state index is 6.02. The Labute approximate surface area is 121 Å². The molecule has 1 aromatic rings. The number of halogens is 2. The molecule has 3 nitrogen and oxygen atoms in total. The molecule has 0 aliphatic carbocycles. The Balaban J connectivity index is 0.000000810. The summed E-state index contributed by atoms with van der Waals surface area (Å²) in [5, 5.41) is 0. The number of rotatable bonds is 2. The minimum Gasteiger partial charge on any atom is -1.00 e. The number of H-pyrrole nitrogens is 1. The van der Waals surface area contributed by atoms with Crippen molar-refractivity contribution < 1.29 is 39.4 Å². The van der Waals surface area contributed by atoms with Gasteiger partial charge in [-0.3, -0.25) is 0 Å². The molecule has 3 heterocycles. The summed E-state index contributed by atoms with van der Waals surface area (Å²) in [6, 6.07) is 7.66. The maximum absolute atomic E-state index is 6.02. The third-order valence-electron chi connectivity index (χ3n) is 4.22. The van der Waals surface area contributed by atoms with Crippen molar-refractivity contribution >= 4 is 0 Å². The third kappa shape index (κ3) is 3.08. The van der Waals surface area contributed by atoms with Gasteiger partial charge in [-0.05, 0) is 6.07 Å². The van der Waals surface area contributed by atoms with E-state index in [9.17, 15) is 0 Å². The van der Waals surface area contributed by atoms with Gasteiger partial charge in [0.25, 0.3) is 0 Å². The fourth-order valence-electron chi connectivity index (χ4n) is 3.26. The SMILES string of the molecule is C[NH+]1C2CCC1CC(Oc1cccc[nH+]1)C2.[Cl-].[Cl-]. The number of piperidine rings is 1. The zero-order chi connectivity index (χ0) is 11.0. The molecule has 2 N–H and O–H groups in total. The van der Waals surface area contributed by atoms with E-state index < -0.39 is 0 Å². The van der Waals surface area contributed by atoms with Gasteiger partial charge in [-0.1, -0.05) is 0 Å². The fraction of sp³-hybridized carbons (Fsp3) is 0.615. The van der Waals surface area contributed by atoms with Crippen LogP contribution in [-0.4, -0.2) is 25.2 Å². The highest BCUT2D eigenvalue weighted by molar-refractivity contribution is 5.02. The molecule has 102 valence electrons. The molecule has 0 amide bonds. The molecule has 2 aliphatic rings. The van der Waals surface area contributed by atoms with Crippen LogP contribution in [0.25, 0.3) is 0 Å². The largest absolute Gasteiger partial charge is 1.00 e. The van der Waals surface area contributed by atoms with Crippen molar-refractivity contribution in [3.63, 3.8) is 0 Å². The van der Waals surface area contributed by atoms with Crippen LogP contribution < -0.4 is 39.4 Å². The Morgan fingerprint density at radius 1 is 1.17 bits per heavy atom. The standard InChI is InChI=1S/C13H18N2O.2ClH/c1-15-10-5-6-11(15)9-12(8-10)16-13-4-2-3-7-14-13;;/h2-4,7,10-12H,5-6,8-9H2,1H3;2*1H. The summed E-state index contributed by atoms with van der Waals surface area (Å²) >= 11 is 0. The molecule has 2 bridgehead atoms. The molecule has 0 aromatic carbocycles. The average Bonchev–Trinajstić information content (AvgIpc) is 2.54. The lowest BCUT2D eigenvalue weighted by atomic mass is 10.0. The zero-order valence-corrected chi connectivity index (χ0v) is 12.0. The molecule has 2 saturated heterocycles. The number of fused-ring (bicyclic) bond motifs is 2. The Bertz CT molecular complexity index is 349. The van der Waals surface area contributed by atoms with E-state index >= 15 is 0 Å². The maximum Gasteiger partial charge on any atom is 0.366 e. The first-order chi connectivity index (χ1) is 7.83. The molecule has 18 heavy (non-hydrogen) atoms. The van der Waals surface area contributed by atoms with E-state index in [1.807, 2.05) is 24.4 Å². The molecule has 2 atom stereocenters. The van der Waals surface area contributed by atoms with E-state index in [1.54, 1.807) is 4.90 Å². The van der Waals surface area contributed by atoms with Crippen LogP contribution >= 0.6 is 0 Å². The van der Waals surface area contributed by atoms with Gasteiger partial charge in [0.15, 0.2) is 6.20 Å². The monoisotopic (exact) mass is 290 g/mol. The van der Waals surface area contributed by atoms with Crippen molar-refractivity contribution in [3.8, 4) is 5.88 Å². The second kappa shape index (κ2) is 6.60. The minimum atomic E-state index is 0. The Morgan fingerprint density at radius 3 is 2.39 bits per heavy atom. The smallest absolute Gasteiger partial charge is 0.366 e. The van der Waals surface area contributed by atoms with Crippen molar-refractivity contribution in [2.45, 2.75) is 43.9 Å². The Hall–Kier alpha value is -0.510. The van der Waals surface area contributed by atoms with E-state index in [0.717, 1.165) is 18.0 Å². The lowest BCUT2D eigenvalue weighted by Gasteiger charge is -2.32. The van der Waals surface area contributed by atoms with E-state index in [4.69, 9.17) is 4.74 Å². The van der Waals surface area contributed by atoms with Crippen LogP contribution in [0.5, 0.6) is 5.88 Å². The summed E-state index contributed by atoms with van der Waals surface area (Å²) in [6.07, 6.45) is 7.53. The lowest BCUT2D eigenvalue weighted by molar-refractivity contribution is -0.923. The number of hydrogen-bond acceptors (Lipinski definition) is 1. The summed E-state index contributed by atoms with van der Waals surface area (Å²) in [6.45, 7) is 0. The van der Waals surface area contributed by atoms with Crippen molar-refractivity contribution in [1.82, 2.24) is 0 Å². The fourth-order valence-corrected chi connectivity index (χ4v) is 3.26. The summed E-state index contributed by atoms with van der Waals surface area (Å²) < 4.78 is 6.02. The lowest BCUT2D eigenvalue weighted by Crippen LogP contribution is -3.15. The van der Waals surface area contributed by atoms with Crippen LogP contribution in [0.1, 0.15) is 25.7 Å². The van der Waals surface area contributed by atoms with Gasteiger partial charge in [0.1, 0.15) is 6.10 Å². The molecule has 2 fully saturated rings. The molecule has 0 saturated carbocycles. The van der Waals surface area contributed by atoms with Crippen molar-refractivity contribution in [2.75, 3.05) is 7.05 Å². The predicted octanol–water partition coefficient (Wildman–Crippen LogP) is -5.90. The number of aromatic nitrogens is 1. The first-order valence-corrected chi connectivity index (χ1v) is 6.29. The molecule has 2 unspecified atom stereocenters. The molecule has 5 heteroatoms. The normalized spacial score (nSPS) is 33.2. The van der Waals surface area contributed by atoms with Gasteiger partial charge < -0.3 is 34.5 Å². The molecule has 0 radical (unpaired) electrons. The molecule has 0 spiro atoms. The van der Waals surface area contributed by atoms with Crippen LogP contribution in [0.15, 0.2) is 24.4 Å². The number of ether oxygens (including phenoxy) is 1. The molecule has 1 aromatic heterocycles.